The van der Waals surface area contributed by atoms with E-state index in [9.17, 15) is 0 Å². The third-order valence-electron chi connectivity index (χ3n) is 1.74. The maximum atomic E-state index is 8.27. The Balaban J connectivity index is 3.23. The first-order valence-corrected chi connectivity index (χ1v) is 4.89. The average molecular weight is 251 g/mol. The van der Waals surface area contributed by atoms with Crippen molar-refractivity contribution < 1.29 is 0 Å². The van der Waals surface area contributed by atoms with Crippen LogP contribution >= 0.6 is 34.8 Å². The molecule has 0 saturated heterocycles. The lowest BCUT2D eigenvalue weighted by Crippen LogP contribution is -1.90. The molecule has 0 fully saturated rings. The third-order valence-corrected chi connectivity index (χ3v) is 3.05. The Morgan fingerprint density at radius 1 is 1.29 bits per heavy atom. The molecule has 0 aliphatic carbocycles. The number of azide groups is 1. The van der Waals surface area contributed by atoms with E-state index >= 15 is 0 Å². The van der Waals surface area contributed by atoms with Crippen molar-refractivity contribution in [3.63, 3.8) is 0 Å². The van der Waals surface area contributed by atoms with Crippen LogP contribution in [0.25, 0.3) is 10.4 Å². The summed E-state index contributed by atoms with van der Waals surface area (Å²) < 4.78 is 0. The summed E-state index contributed by atoms with van der Waals surface area (Å²) in [6.45, 7) is 1.73. The molecule has 6 heteroatoms. The Bertz CT molecular complexity index is 399. The van der Waals surface area contributed by atoms with Crippen LogP contribution in [0, 0.1) is 0 Å². The zero-order chi connectivity index (χ0) is 10.7. The molecule has 0 aliphatic heterocycles. The summed E-state index contributed by atoms with van der Waals surface area (Å²) in [5.74, 6) is 0. The van der Waals surface area contributed by atoms with Crippen LogP contribution < -0.4 is 0 Å². The van der Waals surface area contributed by atoms with E-state index in [-0.39, 0.29) is 11.1 Å². The van der Waals surface area contributed by atoms with Crippen LogP contribution in [0.15, 0.2) is 17.2 Å². The van der Waals surface area contributed by atoms with Crippen LogP contribution in [0.2, 0.25) is 15.1 Å². The van der Waals surface area contributed by atoms with Gasteiger partial charge in [-0.25, -0.2) is 0 Å². The molecule has 0 heterocycles. The zero-order valence-electron chi connectivity index (χ0n) is 7.21. The lowest BCUT2D eigenvalue weighted by Gasteiger charge is -2.09. The summed E-state index contributed by atoms with van der Waals surface area (Å²) in [7, 11) is 0. The zero-order valence-corrected chi connectivity index (χ0v) is 9.48. The quantitative estimate of drug-likeness (QED) is 0.306. The maximum absolute atomic E-state index is 8.27. The first-order chi connectivity index (χ1) is 6.57. The molecule has 0 amide bonds. The van der Waals surface area contributed by atoms with Crippen LogP contribution in [0.4, 0.5) is 0 Å². The van der Waals surface area contributed by atoms with Crippen LogP contribution in [-0.4, -0.2) is 0 Å². The standard InChI is InChI=1S/C8H6Cl3N3/c1-4(13-14-12)5-2-3-6(9)8(11)7(5)10/h2-4H,1H3/t4-/m1/s1. The van der Waals surface area contributed by atoms with Crippen molar-refractivity contribution in [2.75, 3.05) is 0 Å². The lowest BCUT2D eigenvalue weighted by atomic mass is 10.1. The van der Waals surface area contributed by atoms with Gasteiger partial charge in [-0.2, -0.15) is 0 Å². The minimum atomic E-state index is -0.359. The van der Waals surface area contributed by atoms with E-state index in [0.29, 0.717) is 15.6 Å². The fourth-order valence-electron chi connectivity index (χ4n) is 1.00. The second-order valence-corrected chi connectivity index (χ2v) is 3.81. The minimum Gasteiger partial charge on any atom is -0.0861 e. The Kier molecular flexibility index (Phi) is 3.90. The molecule has 0 saturated carbocycles. The van der Waals surface area contributed by atoms with E-state index in [0.717, 1.165) is 0 Å². The summed E-state index contributed by atoms with van der Waals surface area (Å²) in [4.78, 5) is 2.70. The summed E-state index contributed by atoms with van der Waals surface area (Å²) in [5.41, 5.74) is 8.93. The van der Waals surface area contributed by atoms with Crippen molar-refractivity contribution in [3.05, 3.63) is 43.2 Å². The molecular formula is C8H6Cl3N3. The third kappa shape index (κ3) is 2.25. The second-order valence-electron chi connectivity index (χ2n) is 2.65. The molecule has 0 unspecified atom stereocenters. The fraction of sp³-hybridized carbons (Fsp3) is 0.250. The number of halogens is 3. The van der Waals surface area contributed by atoms with Gasteiger partial charge in [0.25, 0.3) is 0 Å². The van der Waals surface area contributed by atoms with Gasteiger partial charge in [-0.3, -0.25) is 0 Å². The molecule has 74 valence electrons. The van der Waals surface area contributed by atoms with E-state index in [1.165, 1.54) is 0 Å². The van der Waals surface area contributed by atoms with Gasteiger partial charge in [-0.1, -0.05) is 52.9 Å². The molecule has 1 atom stereocenters. The number of rotatable bonds is 2. The van der Waals surface area contributed by atoms with Crippen LogP contribution in [0.3, 0.4) is 0 Å². The predicted molar refractivity (Wildman–Crippen MR) is 59.0 cm³/mol. The topological polar surface area (TPSA) is 48.8 Å². The van der Waals surface area contributed by atoms with Gasteiger partial charge >= 0.3 is 0 Å². The van der Waals surface area contributed by atoms with E-state index < -0.39 is 0 Å². The Hall–Kier alpha value is -0.600. The summed E-state index contributed by atoms with van der Waals surface area (Å²) in [6, 6.07) is 2.95. The van der Waals surface area contributed by atoms with Crippen molar-refractivity contribution in [2.45, 2.75) is 13.0 Å². The molecule has 0 aromatic heterocycles. The van der Waals surface area contributed by atoms with Gasteiger partial charge < -0.3 is 0 Å². The Labute approximate surface area is 96.2 Å². The SMILES string of the molecule is C[C@@H](N=[N+]=[N-])c1ccc(Cl)c(Cl)c1Cl. The van der Waals surface area contributed by atoms with Crippen LogP contribution in [0.5, 0.6) is 0 Å². The van der Waals surface area contributed by atoms with Crippen molar-refractivity contribution in [1.29, 1.82) is 0 Å². The van der Waals surface area contributed by atoms with Gasteiger partial charge in [0.1, 0.15) is 0 Å². The van der Waals surface area contributed by atoms with Crippen LogP contribution in [0.1, 0.15) is 18.5 Å². The monoisotopic (exact) mass is 249 g/mol. The van der Waals surface area contributed by atoms with Crippen LogP contribution in [-0.2, 0) is 0 Å². The summed E-state index contributed by atoms with van der Waals surface area (Å²) >= 11 is 17.5. The molecule has 1 rings (SSSR count). The molecule has 0 radical (unpaired) electrons. The van der Waals surface area contributed by atoms with E-state index in [2.05, 4.69) is 10.0 Å². The molecule has 0 N–H and O–H groups in total. The molecule has 1 aromatic rings. The molecule has 0 aliphatic rings. The van der Waals surface area contributed by atoms with E-state index in [1.54, 1.807) is 19.1 Å². The molecule has 14 heavy (non-hydrogen) atoms. The normalized spacial score (nSPS) is 12.0. The van der Waals surface area contributed by atoms with Gasteiger partial charge in [0.15, 0.2) is 0 Å². The van der Waals surface area contributed by atoms with Crippen molar-refractivity contribution in [2.24, 2.45) is 5.11 Å². The predicted octanol–water partition coefficient (Wildman–Crippen LogP) is 5.02. The lowest BCUT2D eigenvalue weighted by molar-refractivity contribution is 0.808. The molecular weight excluding hydrogens is 244 g/mol. The van der Waals surface area contributed by atoms with Gasteiger partial charge in [-0.15, -0.1) is 0 Å². The molecule has 1 aromatic carbocycles. The fourth-order valence-corrected chi connectivity index (χ4v) is 1.70. The van der Waals surface area contributed by atoms with Gasteiger partial charge in [0.2, 0.25) is 0 Å². The Morgan fingerprint density at radius 3 is 2.50 bits per heavy atom. The number of hydrogen-bond donors (Lipinski definition) is 0. The van der Waals surface area contributed by atoms with Crippen molar-refractivity contribution >= 4 is 34.8 Å². The van der Waals surface area contributed by atoms with E-state index in [4.69, 9.17) is 40.3 Å². The highest BCUT2D eigenvalue weighted by Crippen LogP contribution is 2.36. The van der Waals surface area contributed by atoms with Crippen molar-refractivity contribution in [1.82, 2.24) is 0 Å². The summed E-state index contributed by atoms with van der Waals surface area (Å²) in [5, 5.41) is 4.52. The van der Waals surface area contributed by atoms with Crippen molar-refractivity contribution in [3.8, 4) is 0 Å². The smallest absolute Gasteiger partial charge is 0.0781 e. The first kappa shape index (κ1) is 11.5. The summed E-state index contributed by atoms with van der Waals surface area (Å²) in [6.07, 6.45) is 0. The molecule has 0 spiro atoms. The van der Waals surface area contributed by atoms with E-state index in [1.807, 2.05) is 0 Å². The van der Waals surface area contributed by atoms with Gasteiger partial charge in [0, 0.05) is 4.91 Å². The number of hydrogen-bond acceptors (Lipinski definition) is 1. The van der Waals surface area contributed by atoms with Gasteiger partial charge in [0.05, 0.1) is 21.1 Å². The van der Waals surface area contributed by atoms with Gasteiger partial charge in [-0.05, 0) is 17.2 Å². The number of nitrogens with zero attached hydrogens (tertiary/aromatic N) is 3. The number of benzene rings is 1. The highest BCUT2D eigenvalue weighted by Gasteiger charge is 2.12. The first-order valence-electron chi connectivity index (χ1n) is 3.75. The highest BCUT2D eigenvalue weighted by atomic mass is 35.5. The minimum absolute atomic E-state index is 0.283. The average Bonchev–Trinajstić information content (AvgIpc) is 2.15. The largest absolute Gasteiger partial charge is 0.0861 e. The second kappa shape index (κ2) is 4.76. The maximum Gasteiger partial charge on any atom is 0.0781 e. The highest BCUT2D eigenvalue weighted by molar-refractivity contribution is 6.48. The molecule has 3 nitrogen and oxygen atoms in total. The Morgan fingerprint density at radius 2 is 1.93 bits per heavy atom. The molecule has 0 bridgehead atoms.